The van der Waals surface area contributed by atoms with Crippen LogP contribution >= 0.6 is 0 Å². The van der Waals surface area contributed by atoms with Gasteiger partial charge in [-0.15, -0.1) is 5.10 Å². The molecule has 96 valence electrons. The minimum Gasteiger partial charge on any atom is -0.305 e. The Morgan fingerprint density at radius 1 is 1.41 bits per heavy atom. The first-order valence-corrected chi connectivity index (χ1v) is 6.28. The fourth-order valence-electron chi connectivity index (χ4n) is 1.93. The quantitative estimate of drug-likeness (QED) is 0.864. The highest BCUT2D eigenvalue weighted by atomic mass is 15.5. The molecule has 5 nitrogen and oxygen atoms in total. The summed E-state index contributed by atoms with van der Waals surface area (Å²) < 4.78 is 1.94. The Labute approximate surface area is 103 Å². The molecular formula is C12H23N5. The lowest BCUT2D eigenvalue weighted by Gasteiger charge is -2.19. The van der Waals surface area contributed by atoms with Crippen molar-refractivity contribution in [2.45, 2.75) is 59.7 Å². The molecule has 0 saturated heterocycles. The van der Waals surface area contributed by atoms with Gasteiger partial charge in [-0.3, -0.25) is 0 Å². The van der Waals surface area contributed by atoms with Crippen molar-refractivity contribution in [1.29, 1.82) is 0 Å². The standard InChI is InChI=1S/C12H23N5/c1-11(2,3)13-7-10-14-15-16-17(10)8-9-6-12(9,4)5/h9,13H,6-8H2,1-5H3. The molecule has 1 aromatic heterocycles. The first-order chi connectivity index (χ1) is 7.78. The van der Waals surface area contributed by atoms with Gasteiger partial charge in [-0.2, -0.15) is 0 Å². The molecule has 0 spiro atoms. The fraction of sp³-hybridized carbons (Fsp3) is 0.917. The zero-order valence-electron chi connectivity index (χ0n) is 11.5. The van der Waals surface area contributed by atoms with Crippen LogP contribution in [0, 0.1) is 11.3 Å². The van der Waals surface area contributed by atoms with E-state index in [0.29, 0.717) is 5.41 Å². The molecule has 1 fully saturated rings. The lowest BCUT2D eigenvalue weighted by atomic mass is 10.1. The smallest absolute Gasteiger partial charge is 0.165 e. The van der Waals surface area contributed by atoms with Gasteiger partial charge in [0.2, 0.25) is 0 Å². The summed E-state index contributed by atoms with van der Waals surface area (Å²) in [6.45, 7) is 12.7. The van der Waals surface area contributed by atoms with Gasteiger partial charge in [0.1, 0.15) is 0 Å². The van der Waals surface area contributed by atoms with Crippen LogP contribution in [0.3, 0.4) is 0 Å². The molecule has 1 N–H and O–H groups in total. The second-order valence-electron chi connectivity index (χ2n) is 6.77. The van der Waals surface area contributed by atoms with Gasteiger partial charge in [-0.25, -0.2) is 4.68 Å². The molecule has 0 bridgehead atoms. The van der Waals surface area contributed by atoms with Crippen LogP contribution in [0.2, 0.25) is 0 Å². The van der Waals surface area contributed by atoms with E-state index < -0.39 is 0 Å². The van der Waals surface area contributed by atoms with E-state index >= 15 is 0 Å². The normalized spacial score (nSPS) is 22.8. The van der Waals surface area contributed by atoms with Crippen molar-refractivity contribution >= 4 is 0 Å². The van der Waals surface area contributed by atoms with Crippen LogP contribution in [0.5, 0.6) is 0 Å². The molecule has 1 unspecified atom stereocenters. The molecule has 0 amide bonds. The molecule has 2 rings (SSSR count). The van der Waals surface area contributed by atoms with E-state index in [1.54, 1.807) is 0 Å². The average Bonchev–Trinajstić information content (AvgIpc) is 2.59. The number of nitrogens with one attached hydrogen (secondary N) is 1. The van der Waals surface area contributed by atoms with E-state index in [-0.39, 0.29) is 5.54 Å². The highest BCUT2D eigenvalue weighted by molar-refractivity contribution is 4.96. The number of rotatable bonds is 4. The first kappa shape index (κ1) is 12.5. The summed E-state index contributed by atoms with van der Waals surface area (Å²) in [6.07, 6.45) is 1.28. The van der Waals surface area contributed by atoms with Crippen molar-refractivity contribution in [3.8, 4) is 0 Å². The SMILES string of the molecule is CC(C)(C)NCc1nnnn1CC1CC1(C)C. The summed E-state index contributed by atoms with van der Waals surface area (Å²) in [7, 11) is 0. The summed E-state index contributed by atoms with van der Waals surface area (Å²) in [5, 5.41) is 15.4. The Balaban J connectivity index is 1.93. The van der Waals surface area contributed by atoms with Gasteiger partial charge in [0.15, 0.2) is 5.82 Å². The number of hydrogen-bond donors (Lipinski definition) is 1. The average molecular weight is 237 g/mol. The third kappa shape index (κ3) is 3.25. The third-order valence-corrected chi connectivity index (χ3v) is 3.49. The van der Waals surface area contributed by atoms with Crippen LogP contribution in [-0.2, 0) is 13.1 Å². The van der Waals surface area contributed by atoms with Gasteiger partial charge in [0, 0.05) is 12.1 Å². The lowest BCUT2D eigenvalue weighted by molar-refractivity contribution is 0.397. The Hall–Kier alpha value is -0.970. The molecule has 1 aromatic rings. The van der Waals surface area contributed by atoms with Crippen molar-refractivity contribution < 1.29 is 0 Å². The van der Waals surface area contributed by atoms with Gasteiger partial charge in [-0.1, -0.05) is 13.8 Å². The highest BCUT2D eigenvalue weighted by Gasteiger charge is 2.45. The van der Waals surface area contributed by atoms with Crippen molar-refractivity contribution in [2.75, 3.05) is 0 Å². The fourth-order valence-corrected chi connectivity index (χ4v) is 1.93. The van der Waals surface area contributed by atoms with Crippen molar-refractivity contribution in [3.05, 3.63) is 5.82 Å². The molecule has 5 heteroatoms. The van der Waals surface area contributed by atoms with Crippen molar-refractivity contribution in [2.24, 2.45) is 11.3 Å². The molecule has 0 aromatic carbocycles. The summed E-state index contributed by atoms with van der Waals surface area (Å²) >= 11 is 0. The monoisotopic (exact) mass is 237 g/mol. The summed E-state index contributed by atoms with van der Waals surface area (Å²) in [6, 6.07) is 0. The number of nitrogens with zero attached hydrogens (tertiary/aromatic N) is 4. The van der Waals surface area contributed by atoms with Crippen LogP contribution in [-0.4, -0.2) is 25.7 Å². The van der Waals surface area contributed by atoms with Crippen LogP contribution in [0.1, 0.15) is 46.9 Å². The van der Waals surface area contributed by atoms with E-state index in [9.17, 15) is 0 Å². The van der Waals surface area contributed by atoms with Crippen molar-refractivity contribution in [3.63, 3.8) is 0 Å². The molecule has 0 radical (unpaired) electrons. The summed E-state index contributed by atoms with van der Waals surface area (Å²) in [5.41, 5.74) is 0.566. The molecule has 0 aliphatic heterocycles. The Bertz CT molecular complexity index is 388. The number of hydrogen-bond acceptors (Lipinski definition) is 4. The Morgan fingerprint density at radius 3 is 2.59 bits per heavy atom. The molecule has 1 atom stereocenters. The summed E-state index contributed by atoms with van der Waals surface area (Å²) in [4.78, 5) is 0. The highest BCUT2D eigenvalue weighted by Crippen LogP contribution is 2.52. The van der Waals surface area contributed by atoms with Gasteiger partial charge >= 0.3 is 0 Å². The van der Waals surface area contributed by atoms with Gasteiger partial charge in [0.05, 0.1) is 6.54 Å². The van der Waals surface area contributed by atoms with Gasteiger partial charge in [-0.05, 0) is 49.0 Å². The molecule has 1 aliphatic carbocycles. The number of tetrazole rings is 1. The summed E-state index contributed by atoms with van der Waals surface area (Å²) in [5.74, 6) is 1.65. The lowest BCUT2D eigenvalue weighted by Crippen LogP contribution is -2.36. The van der Waals surface area contributed by atoms with E-state index in [0.717, 1.165) is 24.8 Å². The third-order valence-electron chi connectivity index (χ3n) is 3.49. The maximum atomic E-state index is 4.09. The maximum absolute atomic E-state index is 4.09. The second-order valence-corrected chi connectivity index (χ2v) is 6.77. The van der Waals surface area contributed by atoms with Gasteiger partial charge < -0.3 is 5.32 Å². The second kappa shape index (κ2) is 4.05. The zero-order chi connectivity index (χ0) is 12.7. The van der Waals surface area contributed by atoms with E-state index in [1.807, 2.05) is 4.68 Å². The molecule has 1 heterocycles. The van der Waals surface area contributed by atoms with Crippen LogP contribution in [0.15, 0.2) is 0 Å². The topological polar surface area (TPSA) is 55.6 Å². The Kier molecular flexibility index (Phi) is 2.97. The number of aromatic nitrogens is 4. The molecular weight excluding hydrogens is 214 g/mol. The Morgan fingerprint density at radius 2 is 2.06 bits per heavy atom. The van der Waals surface area contributed by atoms with E-state index in [1.165, 1.54) is 6.42 Å². The predicted octanol–water partition coefficient (Wildman–Crippen LogP) is 1.61. The molecule has 1 saturated carbocycles. The van der Waals surface area contributed by atoms with Crippen molar-refractivity contribution in [1.82, 2.24) is 25.5 Å². The largest absolute Gasteiger partial charge is 0.305 e. The maximum Gasteiger partial charge on any atom is 0.165 e. The van der Waals surface area contributed by atoms with Gasteiger partial charge in [0.25, 0.3) is 0 Å². The zero-order valence-corrected chi connectivity index (χ0v) is 11.5. The van der Waals surface area contributed by atoms with Crippen LogP contribution in [0.25, 0.3) is 0 Å². The minimum absolute atomic E-state index is 0.0929. The molecule has 1 aliphatic rings. The predicted molar refractivity (Wildman–Crippen MR) is 66.3 cm³/mol. The first-order valence-electron chi connectivity index (χ1n) is 6.28. The van der Waals surface area contributed by atoms with Crippen LogP contribution < -0.4 is 5.32 Å². The van der Waals surface area contributed by atoms with E-state index in [4.69, 9.17) is 0 Å². The van der Waals surface area contributed by atoms with Crippen LogP contribution in [0.4, 0.5) is 0 Å². The van der Waals surface area contributed by atoms with E-state index in [2.05, 4.69) is 55.5 Å². The minimum atomic E-state index is 0.0929. The molecule has 17 heavy (non-hydrogen) atoms.